The summed E-state index contributed by atoms with van der Waals surface area (Å²) >= 11 is 0. The van der Waals surface area contributed by atoms with Gasteiger partial charge in [-0.25, -0.2) is 9.48 Å². The minimum absolute atomic E-state index is 0.397. The molecule has 1 aromatic heterocycles. The highest BCUT2D eigenvalue weighted by Crippen LogP contribution is 2.07. The van der Waals surface area contributed by atoms with Crippen molar-refractivity contribution < 1.29 is 14.3 Å². The van der Waals surface area contributed by atoms with Crippen LogP contribution in [0.25, 0.3) is 0 Å². The second kappa shape index (κ2) is 6.08. The summed E-state index contributed by atoms with van der Waals surface area (Å²) in [7, 11) is 0. The lowest BCUT2D eigenvalue weighted by atomic mass is 10.2. The summed E-state index contributed by atoms with van der Waals surface area (Å²) < 4.78 is 6.53. The van der Waals surface area contributed by atoms with E-state index in [2.05, 4.69) is 20.8 Å². The fraction of sp³-hybridized carbons (Fsp3) is 0.700. The summed E-state index contributed by atoms with van der Waals surface area (Å²) in [5, 5.41) is 13.1. The number of nitrogens with zero attached hydrogens (tertiary/aromatic N) is 4. The Hall–Kier alpha value is -1.99. The SMILES string of the molecule is CC(C)(C)OC(=O)NC(C=O)CCn1cnnn1. The highest BCUT2D eigenvalue weighted by Gasteiger charge is 2.19. The van der Waals surface area contributed by atoms with Crippen molar-refractivity contribution in [3.8, 4) is 0 Å². The molecular weight excluding hydrogens is 238 g/mol. The maximum absolute atomic E-state index is 11.4. The largest absolute Gasteiger partial charge is 0.444 e. The van der Waals surface area contributed by atoms with Crippen molar-refractivity contribution in [3.63, 3.8) is 0 Å². The van der Waals surface area contributed by atoms with Gasteiger partial charge in [-0.3, -0.25) is 0 Å². The van der Waals surface area contributed by atoms with Crippen LogP contribution in [0.1, 0.15) is 27.2 Å². The van der Waals surface area contributed by atoms with E-state index in [4.69, 9.17) is 4.74 Å². The Kier molecular flexibility index (Phi) is 4.75. The van der Waals surface area contributed by atoms with Crippen LogP contribution in [0.5, 0.6) is 0 Å². The van der Waals surface area contributed by atoms with Crippen LogP contribution < -0.4 is 5.32 Å². The fourth-order valence-corrected chi connectivity index (χ4v) is 1.19. The van der Waals surface area contributed by atoms with Crippen LogP contribution in [0.3, 0.4) is 0 Å². The lowest BCUT2D eigenvalue weighted by molar-refractivity contribution is -0.109. The Balaban J connectivity index is 2.37. The third-order valence-corrected chi connectivity index (χ3v) is 1.93. The molecule has 1 atom stereocenters. The zero-order valence-electron chi connectivity index (χ0n) is 10.7. The maximum Gasteiger partial charge on any atom is 0.408 e. The van der Waals surface area contributed by atoms with Crippen LogP contribution >= 0.6 is 0 Å². The zero-order chi connectivity index (χ0) is 13.6. The van der Waals surface area contributed by atoms with Crippen molar-refractivity contribution in [2.24, 2.45) is 0 Å². The van der Waals surface area contributed by atoms with E-state index in [1.165, 1.54) is 11.0 Å². The molecule has 1 unspecified atom stereocenters. The van der Waals surface area contributed by atoms with Crippen LogP contribution in [-0.2, 0) is 16.1 Å². The van der Waals surface area contributed by atoms with Gasteiger partial charge in [0.1, 0.15) is 18.2 Å². The average Bonchev–Trinajstić information content (AvgIpc) is 2.74. The highest BCUT2D eigenvalue weighted by atomic mass is 16.6. The van der Waals surface area contributed by atoms with E-state index in [0.717, 1.165) is 0 Å². The van der Waals surface area contributed by atoms with Crippen molar-refractivity contribution in [2.75, 3.05) is 0 Å². The first-order valence-electron chi connectivity index (χ1n) is 5.56. The number of amides is 1. The first-order chi connectivity index (χ1) is 8.40. The molecule has 0 saturated carbocycles. The first kappa shape index (κ1) is 14.1. The number of nitrogens with one attached hydrogen (secondary N) is 1. The lowest BCUT2D eigenvalue weighted by Gasteiger charge is -2.21. The van der Waals surface area contributed by atoms with Gasteiger partial charge in [0.05, 0.1) is 6.04 Å². The predicted octanol–water partition coefficient (Wildman–Crippen LogP) is 0.155. The predicted molar refractivity (Wildman–Crippen MR) is 61.7 cm³/mol. The Labute approximate surface area is 105 Å². The van der Waals surface area contributed by atoms with Crippen molar-refractivity contribution >= 4 is 12.4 Å². The van der Waals surface area contributed by atoms with E-state index >= 15 is 0 Å². The Morgan fingerprint density at radius 3 is 2.78 bits per heavy atom. The van der Waals surface area contributed by atoms with E-state index in [9.17, 15) is 9.59 Å². The van der Waals surface area contributed by atoms with Crippen LogP contribution in [0, 0.1) is 0 Å². The van der Waals surface area contributed by atoms with Gasteiger partial charge in [0.2, 0.25) is 0 Å². The van der Waals surface area contributed by atoms with Gasteiger partial charge in [-0.2, -0.15) is 0 Å². The molecule has 1 N–H and O–H groups in total. The summed E-state index contributed by atoms with van der Waals surface area (Å²) in [6, 6.07) is -0.621. The van der Waals surface area contributed by atoms with Gasteiger partial charge in [0.15, 0.2) is 0 Å². The summed E-state index contributed by atoms with van der Waals surface area (Å²) in [6.07, 6.45) is 1.88. The van der Waals surface area contributed by atoms with Crippen molar-refractivity contribution in [3.05, 3.63) is 6.33 Å². The van der Waals surface area contributed by atoms with Crippen molar-refractivity contribution in [1.29, 1.82) is 0 Å². The molecular formula is C10H17N5O3. The molecule has 0 aliphatic heterocycles. The molecule has 1 aromatic rings. The van der Waals surface area contributed by atoms with E-state index in [-0.39, 0.29) is 0 Å². The monoisotopic (exact) mass is 255 g/mol. The van der Waals surface area contributed by atoms with Crippen LogP contribution in [0.15, 0.2) is 6.33 Å². The van der Waals surface area contributed by atoms with Crippen molar-refractivity contribution in [1.82, 2.24) is 25.5 Å². The number of alkyl carbamates (subject to hydrolysis) is 1. The number of aromatic nitrogens is 4. The zero-order valence-corrected chi connectivity index (χ0v) is 10.7. The Morgan fingerprint density at radius 1 is 1.56 bits per heavy atom. The van der Waals surface area contributed by atoms with Crippen LogP contribution in [0.4, 0.5) is 4.79 Å². The Morgan fingerprint density at radius 2 is 2.28 bits per heavy atom. The third-order valence-electron chi connectivity index (χ3n) is 1.93. The molecule has 18 heavy (non-hydrogen) atoms. The second-order valence-electron chi connectivity index (χ2n) is 4.75. The number of carbonyl (C=O) groups excluding carboxylic acids is 2. The van der Waals surface area contributed by atoms with Crippen LogP contribution in [0.2, 0.25) is 0 Å². The van der Waals surface area contributed by atoms with E-state index in [0.29, 0.717) is 19.3 Å². The summed E-state index contributed by atoms with van der Waals surface area (Å²) in [6.45, 7) is 5.70. The van der Waals surface area contributed by atoms with Gasteiger partial charge in [-0.15, -0.1) is 5.10 Å². The molecule has 0 radical (unpaired) electrons. The molecule has 0 aliphatic rings. The summed E-state index contributed by atoms with van der Waals surface area (Å²) in [4.78, 5) is 22.3. The molecule has 0 saturated heterocycles. The maximum atomic E-state index is 11.4. The molecule has 1 rings (SSSR count). The summed E-state index contributed by atoms with van der Waals surface area (Å²) in [5.41, 5.74) is -0.590. The normalized spacial score (nSPS) is 12.8. The van der Waals surface area contributed by atoms with Gasteiger partial charge < -0.3 is 14.8 Å². The summed E-state index contributed by atoms with van der Waals surface area (Å²) in [5.74, 6) is 0. The number of carbonyl (C=O) groups is 2. The highest BCUT2D eigenvalue weighted by molar-refractivity contribution is 5.73. The molecule has 8 heteroatoms. The number of aldehydes is 1. The molecule has 0 fully saturated rings. The molecule has 100 valence electrons. The number of hydrogen-bond donors (Lipinski definition) is 1. The minimum Gasteiger partial charge on any atom is -0.444 e. The quantitative estimate of drug-likeness (QED) is 0.752. The molecule has 0 aliphatic carbocycles. The standard InChI is InChI=1S/C10H17N5O3/c1-10(2,3)18-9(17)12-8(6-16)4-5-15-7-11-13-14-15/h6-8H,4-5H2,1-3H3,(H,12,17). The molecule has 0 aromatic carbocycles. The number of ether oxygens (including phenoxy) is 1. The van der Waals surface area contributed by atoms with Gasteiger partial charge in [0.25, 0.3) is 0 Å². The topological polar surface area (TPSA) is 99.0 Å². The van der Waals surface area contributed by atoms with Gasteiger partial charge in [0, 0.05) is 6.54 Å². The second-order valence-corrected chi connectivity index (χ2v) is 4.75. The fourth-order valence-electron chi connectivity index (χ4n) is 1.19. The average molecular weight is 255 g/mol. The molecule has 8 nitrogen and oxygen atoms in total. The molecule has 0 spiro atoms. The van der Waals surface area contributed by atoms with Gasteiger partial charge >= 0.3 is 6.09 Å². The number of rotatable bonds is 5. The minimum atomic E-state index is -0.621. The molecule has 0 bridgehead atoms. The van der Waals surface area contributed by atoms with Crippen LogP contribution in [-0.4, -0.2) is 44.2 Å². The van der Waals surface area contributed by atoms with Crippen molar-refractivity contribution in [2.45, 2.75) is 45.4 Å². The van der Waals surface area contributed by atoms with Gasteiger partial charge in [-0.1, -0.05) is 0 Å². The third kappa shape index (κ3) is 5.37. The molecule has 1 amide bonds. The lowest BCUT2D eigenvalue weighted by Crippen LogP contribution is -2.40. The number of hydrogen-bond acceptors (Lipinski definition) is 6. The van der Waals surface area contributed by atoms with E-state index in [1.807, 2.05) is 0 Å². The first-order valence-corrected chi connectivity index (χ1v) is 5.56. The molecule has 1 heterocycles. The number of aryl methyl sites for hydroxylation is 1. The van der Waals surface area contributed by atoms with Gasteiger partial charge in [-0.05, 0) is 37.6 Å². The Bertz CT molecular complexity index is 385. The smallest absolute Gasteiger partial charge is 0.408 e. The van der Waals surface area contributed by atoms with E-state index in [1.54, 1.807) is 20.8 Å². The van der Waals surface area contributed by atoms with E-state index < -0.39 is 17.7 Å². The number of tetrazole rings is 1.